The number of benzene rings is 1. The van der Waals surface area contributed by atoms with Crippen LogP contribution in [0, 0.1) is 17.3 Å². The van der Waals surface area contributed by atoms with E-state index >= 15 is 8.78 Å². The summed E-state index contributed by atoms with van der Waals surface area (Å²) in [6.45, 7) is 9.49. The molecule has 1 saturated heterocycles. The number of alkyl carbamates (subject to hydrolysis) is 1. The number of aromatic nitrogens is 2. The third-order valence-electron chi connectivity index (χ3n) is 8.88. The Morgan fingerprint density at radius 1 is 1.11 bits per heavy atom. The van der Waals surface area contributed by atoms with Crippen LogP contribution in [0.2, 0.25) is 0 Å². The molecule has 3 aliphatic rings. The second-order valence-corrected chi connectivity index (χ2v) is 13.1. The number of aldehydes is 1. The molecular weight excluding hydrogens is 574 g/mol. The van der Waals surface area contributed by atoms with Crippen LogP contribution < -0.4 is 14.8 Å². The molecular formula is C32H42F2N4O6. The summed E-state index contributed by atoms with van der Waals surface area (Å²) in [6, 6.07) is 2.99. The zero-order valence-corrected chi connectivity index (χ0v) is 26.0. The van der Waals surface area contributed by atoms with Gasteiger partial charge in [0, 0.05) is 18.4 Å². The number of hydrogen-bond donors (Lipinski definition) is 1. The van der Waals surface area contributed by atoms with Crippen LogP contribution in [0.4, 0.5) is 13.6 Å². The topological polar surface area (TPSA) is 120 Å². The average Bonchev–Trinajstić information content (AvgIpc) is 3.60. The largest absolute Gasteiger partial charge is 0.494 e. The molecule has 2 fully saturated rings. The zero-order valence-electron chi connectivity index (χ0n) is 26.0. The van der Waals surface area contributed by atoms with Crippen molar-refractivity contribution >= 4 is 29.3 Å². The van der Waals surface area contributed by atoms with Crippen LogP contribution in [0.25, 0.3) is 11.0 Å². The summed E-state index contributed by atoms with van der Waals surface area (Å²) in [4.78, 5) is 49.6. The Kier molecular flexibility index (Phi) is 9.00. The first-order valence-corrected chi connectivity index (χ1v) is 15.6. The second-order valence-electron chi connectivity index (χ2n) is 13.1. The molecule has 1 saturated carbocycles. The SMILES string of the molecule is CCOc1ccc2nc3c(nc2c1)O[C@H]1CN(C(=O)[C@H](C(C)(C)C)NC(=O)O[C@@H]2C[C@H]2CCCCC3(F)F)[C@H](C=O)[C@@H]1CC. The first-order chi connectivity index (χ1) is 20.9. The molecule has 1 N–H and O–H groups in total. The van der Waals surface area contributed by atoms with Crippen LogP contribution in [0.3, 0.4) is 0 Å². The van der Waals surface area contributed by atoms with E-state index in [-0.39, 0.29) is 36.4 Å². The van der Waals surface area contributed by atoms with Gasteiger partial charge in [0.2, 0.25) is 11.8 Å². The Morgan fingerprint density at radius 3 is 2.57 bits per heavy atom. The number of nitrogens with zero attached hydrogens (tertiary/aromatic N) is 3. The number of amides is 2. The molecule has 0 radical (unpaired) electrons. The maximum Gasteiger partial charge on any atom is 0.408 e. The quantitative estimate of drug-likeness (QED) is 0.453. The molecule has 5 rings (SSSR count). The lowest BCUT2D eigenvalue weighted by Crippen LogP contribution is -2.56. The summed E-state index contributed by atoms with van der Waals surface area (Å²) in [5.74, 6) is -4.05. The standard InChI is InChI=1S/C32H42F2N4O6/c1-6-20-23(17-39)38-16-25(20)43-28-26(35-21-12-11-19(42-7-2)15-22(21)36-28)32(33,34)13-9-8-10-18-14-24(18)44-30(41)37-27(29(38)40)31(3,4)5/h11-12,15,17-18,20,23-25,27H,6-10,13-14,16H2,1-5H3,(H,37,41)/t18-,20+,23-,24-,25+,27-/m1/s1. The van der Waals surface area contributed by atoms with Crippen molar-refractivity contribution in [3.05, 3.63) is 23.9 Å². The molecule has 2 amide bonds. The lowest BCUT2D eigenvalue weighted by atomic mass is 9.85. The summed E-state index contributed by atoms with van der Waals surface area (Å²) in [7, 11) is 0. The van der Waals surface area contributed by atoms with Gasteiger partial charge in [-0.05, 0) is 56.1 Å². The van der Waals surface area contributed by atoms with Crippen LogP contribution in [0.15, 0.2) is 18.2 Å². The summed E-state index contributed by atoms with van der Waals surface area (Å²) in [6.07, 6.45) is 0.837. The maximum absolute atomic E-state index is 15.9. The van der Waals surface area contributed by atoms with Gasteiger partial charge in [-0.25, -0.2) is 14.8 Å². The van der Waals surface area contributed by atoms with Crippen molar-refractivity contribution in [3.8, 4) is 11.6 Å². The van der Waals surface area contributed by atoms with Gasteiger partial charge < -0.3 is 29.2 Å². The number of rotatable bonds is 4. The molecule has 1 aromatic heterocycles. The zero-order chi connectivity index (χ0) is 31.8. The van der Waals surface area contributed by atoms with E-state index in [1.54, 1.807) is 18.2 Å². The molecule has 1 aliphatic carbocycles. The van der Waals surface area contributed by atoms with Gasteiger partial charge >= 0.3 is 6.09 Å². The van der Waals surface area contributed by atoms with Crippen molar-refractivity contribution in [2.45, 2.75) is 103 Å². The molecule has 3 heterocycles. The van der Waals surface area contributed by atoms with E-state index in [1.165, 1.54) is 4.90 Å². The maximum atomic E-state index is 15.9. The Hall–Kier alpha value is -3.57. The lowest BCUT2D eigenvalue weighted by Gasteiger charge is -2.34. The molecule has 1 aromatic carbocycles. The van der Waals surface area contributed by atoms with Crippen molar-refractivity contribution in [2.75, 3.05) is 13.2 Å². The molecule has 2 aromatic rings. The monoisotopic (exact) mass is 616 g/mol. The molecule has 12 heteroatoms. The molecule has 44 heavy (non-hydrogen) atoms. The molecule has 0 unspecified atom stereocenters. The van der Waals surface area contributed by atoms with Gasteiger partial charge in [-0.3, -0.25) is 4.79 Å². The average molecular weight is 617 g/mol. The molecule has 2 bridgehead atoms. The van der Waals surface area contributed by atoms with E-state index in [1.807, 2.05) is 34.6 Å². The van der Waals surface area contributed by atoms with Crippen LogP contribution in [-0.2, 0) is 20.2 Å². The number of nitrogens with one attached hydrogen (secondary N) is 1. The van der Waals surface area contributed by atoms with Gasteiger partial charge in [0.05, 0.1) is 30.2 Å². The molecule has 240 valence electrons. The van der Waals surface area contributed by atoms with E-state index in [9.17, 15) is 14.4 Å². The fourth-order valence-electron chi connectivity index (χ4n) is 6.32. The highest BCUT2D eigenvalue weighted by atomic mass is 19.3. The number of fused-ring (bicyclic) bond motifs is 5. The van der Waals surface area contributed by atoms with Crippen LogP contribution in [-0.4, -0.2) is 70.6 Å². The highest BCUT2D eigenvalue weighted by Crippen LogP contribution is 2.43. The minimum absolute atomic E-state index is 0.0571. The first-order valence-electron chi connectivity index (χ1n) is 15.6. The highest BCUT2D eigenvalue weighted by molar-refractivity contribution is 5.89. The Labute approximate surface area is 256 Å². The van der Waals surface area contributed by atoms with Crippen LogP contribution in [0.5, 0.6) is 11.6 Å². The number of ether oxygens (including phenoxy) is 3. The Bertz CT molecular complexity index is 1400. The molecule has 0 spiro atoms. The molecule has 10 nitrogen and oxygen atoms in total. The molecule has 6 atom stereocenters. The minimum Gasteiger partial charge on any atom is -0.494 e. The summed E-state index contributed by atoms with van der Waals surface area (Å²) < 4.78 is 49.3. The van der Waals surface area contributed by atoms with Gasteiger partial charge in [0.1, 0.15) is 30.3 Å². The van der Waals surface area contributed by atoms with Crippen molar-refractivity contribution in [2.24, 2.45) is 17.3 Å². The predicted octanol–water partition coefficient (Wildman–Crippen LogP) is 5.41. The number of carbonyl (C=O) groups excluding carboxylic acids is 3. The Morgan fingerprint density at radius 2 is 1.89 bits per heavy atom. The fraction of sp³-hybridized carbons (Fsp3) is 0.656. The van der Waals surface area contributed by atoms with Crippen molar-refractivity contribution in [1.29, 1.82) is 0 Å². The van der Waals surface area contributed by atoms with Gasteiger partial charge in [-0.2, -0.15) is 8.78 Å². The second kappa shape index (κ2) is 12.4. The first kappa shape index (κ1) is 31.8. The van der Waals surface area contributed by atoms with Crippen molar-refractivity contribution in [1.82, 2.24) is 20.2 Å². The third-order valence-corrected chi connectivity index (χ3v) is 8.88. The summed E-state index contributed by atoms with van der Waals surface area (Å²) >= 11 is 0. The predicted molar refractivity (Wildman–Crippen MR) is 158 cm³/mol. The number of halogens is 2. The van der Waals surface area contributed by atoms with E-state index < -0.39 is 59.6 Å². The van der Waals surface area contributed by atoms with E-state index in [0.717, 1.165) is 0 Å². The van der Waals surface area contributed by atoms with Gasteiger partial charge in [0.25, 0.3) is 5.92 Å². The van der Waals surface area contributed by atoms with Gasteiger partial charge in [-0.1, -0.05) is 34.1 Å². The van der Waals surface area contributed by atoms with E-state index in [0.29, 0.717) is 49.8 Å². The number of hydrogen-bond acceptors (Lipinski definition) is 8. The van der Waals surface area contributed by atoms with Crippen LogP contribution in [0.1, 0.15) is 78.8 Å². The third kappa shape index (κ3) is 6.58. The van der Waals surface area contributed by atoms with Crippen molar-refractivity contribution < 1.29 is 37.4 Å². The van der Waals surface area contributed by atoms with Crippen molar-refractivity contribution in [3.63, 3.8) is 0 Å². The molecule has 2 aliphatic heterocycles. The van der Waals surface area contributed by atoms with E-state index in [2.05, 4.69) is 15.3 Å². The normalized spacial score (nSPS) is 29.3. The Balaban J connectivity index is 1.57. The number of alkyl halides is 2. The lowest BCUT2D eigenvalue weighted by molar-refractivity contribution is -0.139. The fourth-order valence-corrected chi connectivity index (χ4v) is 6.32. The van der Waals surface area contributed by atoms with Gasteiger partial charge in [0.15, 0.2) is 5.69 Å². The number of carbonyl (C=O) groups is 3. The highest BCUT2D eigenvalue weighted by Gasteiger charge is 2.50. The van der Waals surface area contributed by atoms with E-state index in [4.69, 9.17) is 14.2 Å². The minimum atomic E-state index is -3.35. The summed E-state index contributed by atoms with van der Waals surface area (Å²) in [5, 5.41) is 2.75. The van der Waals surface area contributed by atoms with Gasteiger partial charge in [-0.15, -0.1) is 0 Å². The van der Waals surface area contributed by atoms with Crippen LogP contribution >= 0.6 is 0 Å². The smallest absolute Gasteiger partial charge is 0.408 e. The summed E-state index contributed by atoms with van der Waals surface area (Å²) in [5.41, 5.74) is -0.676.